The van der Waals surface area contributed by atoms with E-state index in [0.29, 0.717) is 18.9 Å². The van der Waals surface area contributed by atoms with E-state index < -0.39 is 11.8 Å². The highest BCUT2D eigenvalue weighted by Crippen LogP contribution is 2.50. The number of carbonyl (C=O) groups is 1. The molecule has 3 nitrogen and oxygen atoms in total. The first-order chi connectivity index (χ1) is 11.3. The van der Waals surface area contributed by atoms with E-state index in [-0.39, 0.29) is 30.5 Å². The molecule has 1 saturated carbocycles. The van der Waals surface area contributed by atoms with E-state index in [1.807, 2.05) is 36.4 Å². The minimum Gasteiger partial charge on any atom is -0.463 e. The molecule has 1 aliphatic heterocycles. The number of carbonyl (C=O) groups excluding carboxylic acids is 1. The van der Waals surface area contributed by atoms with Crippen molar-refractivity contribution >= 4 is 28.6 Å². The molecule has 0 spiro atoms. The fourth-order valence-electron chi connectivity index (χ4n) is 3.87. The van der Waals surface area contributed by atoms with E-state index in [1.165, 1.54) is 0 Å². The highest BCUT2D eigenvalue weighted by atomic mass is 127. The van der Waals surface area contributed by atoms with E-state index >= 15 is 0 Å². The van der Waals surface area contributed by atoms with Crippen molar-refractivity contribution in [1.82, 2.24) is 0 Å². The maximum absolute atomic E-state index is 14.1. The number of allylic oxidation sites excluding steroid dienone is 1. The highest BCUT2D eigenvalue weighted by molar-refractivity contribution is 14.1. The molecule has 1 aliphatic carbocycles. The van der Waals surface area contributed by atoms with E-state index in [0.717, 1.165) is 25.7 Å². The van der Waals surface area contributed by atoms with Crippen LogP contribution in [0.5, 0.6) is 0 Å². The maximum atomic E-state index is 14.1. The van der Waals surface area contributed by atoms with Crippen LogP contribution >= 0.6 is 22.6 Å². The van der Waals surface area contributed by atoms with Gasteiger partial charge in [-0.05, 0) is 55.4 Å². The number of hydrogen-bond donors (Lipinski definition) is 0. The minimum absolute atomic E-state index is 0.0809. The van der Waals surface area contributed by atoms with Crippen LogP contribution in [-0.2, 0) is 14.3 Å². The van der Waals surface area contributed by atoms with Crippen LogP contribution in [0.1, 0.15) is 52.4 Å². The van der Waals surface area contributed by atoms with Crippen LogP contribution in [0.15, 0.2) is 10.2 Å². The Kier molecular flexibility index (Phi) is 7.46. The molecule has 0 unspecified atom stereocenters. The van der Waals surface area contributed by atoms with E-state index in [4.69, 9.17) is 9.47 Å². The van der Waals surface area contributed by atoms with Crippen LogP contribution < -0.4 is 0 Å². The monoisotopic (exact) mass is 456 g/mol. The van der Waals surface area contributed by atoms with Gasteiger partial charge in [-0.3, -0.25) is 4.79 Å². The van der Waals surface area contributed by atoms with Gasteiger partial charge in [0, 0.05) is 25.4 Å². The lowest BCUT2D eigenvalue weighted by molar-refractivity contribution is -0.147. The number of rotatable bonds is 6. The second-order valence-corrected chi connectivity index (χ2v) is 7.94. The van der Waals surface area contributed by atoms with Crippen LogP contribution in [0.4, 0.5) is 8.78 Å². The third-order valence-electron chi connectivity index (χ3n) is 4.99. The average molecular weight is 456 g/mol. The smallest absolute Gasteiger partial charge is 0.306 e. The van der Waals surface area contributed by atoms with Gasteiger partial charge in [0.25, 0.3) is 5.92 Å². The Bertz CT molecular complexity index is 454. The van der Waals surface area contributed by atoms with Gasteiger partial charge >= 0.3 is 5.97 Å². The first-order valence-corrected chi connectivity index (χ1v) is 10.0. The number of fused-ring (bicyclic) bond motifs is 1. The van der Waals surface area contributed by atoms with E-state index in [2.05, 4.69) is 0 Å². The summed E-state index contributed by atoms with van der Waals surface area (Å²) in [6, 6.07) is 0. The summed E-state index contributed by atoms with van der Waals surface area (Å²) >= 11 is 2.01. The minimum atomic E-state index is -2.66. The molecule has 0 amide bonds. The van der Waals surface area contributed by atoms with Gasteiger partial charge in [0.15, 0.2) is 0 Å². The first-order valence-electron chi connectivity index (χ1n) is 8.79. The number of alkyl halides is 2. The van der Waals surface area contributed by atoms with Gasteiger partial charge in [-0.1, -0.05) is 28.7 Å². The third kappa shape index (κ3) is 5.38. The molecule has 4 atom stereocenters. The molecule has 2 aliphatic rings. The largest absolute Gasteiger partial charge is 0.463 e. The van der Waals surface area contributed by atoms with Gasteiger partial charge in [-0.25, -0.2) is 8.78 Å². The van der Waals surface area contributed by atoms with Crippen molar-refractivity contribution in [2.45, 2.75) is 70.5 Å². The second kappa shape index (κ2) is 8.92. The lowest BCUT2D eigenvalue weighted by atomic mass is 9.86. The summed E-state index contributed by atoms with van der Waals surface area (Å²) in [5.41, 5.74) is 0. The van der Waals surface area contributed by atoms with Crippen molar-refractivity contribution in [3.63, 3.8) is 0 Å². The summed E-state index contributed by atoms with van der Waals surface area (Å²) in [4.78, 5) is 11.6. The quantitative estimate of drug-likeness (QED) is 0.411. The van der Waals surface area contributed by atoms with Crippen LogP contribution in [0.3, 0.4) is 0 Å². The average Bonchev–Trinajstić information content (AvgIpc) is 2.60. The third-order valence-corrected chi connectivity index (χ3v) is 5.41. The summed E-state index contributed by atoms with van der Waals surface area (Å²) in [6.45, 7) is 4.20. The zero-order valence-corrected chi connectivity index (χ0v) is 16.5. The standard InChI is InChI=1S/C18H27F2IO3/c1-12(2)24-17(22)5-3-4-13-6-7-14-15(8-9-21)18(19,20)10-16(14)23-11-13/h8-9,12-16H,3-7,10-11H2,1-2H3/b9-8+/t13-,14+,15+,16-/m0/s1. The number of halogens is 3. The predicted octanol–water partition coefficient (Wildman–Crippen LogP) is 5.12. The van der Waals surface area contributed by atoms with Gasteiger partial charge in [-0.2, -0.15) is 0 Å². The predicted molar refractivity (Wildman–Crippen MR) is 97.2 cm³/mol. The zero-order valence-electron chi connectivity index (χ0n) is 14.3. The SMILES string of the molecule is CC(C)OC(=O)CCC[C@H]1CC[C@H]2[C@H](CC(F)(F)[C@@H]2/C=C/I)OC1. The van der Waals surface area contributed by atoms with Gasteiger partial charge in [0.2, 0.25) is 0 Å². The van der Waals surface area contributed by atoms with Crippen molar-refractivity contribution in [2.24, 2.45) is 17.8 Å². The zero-order chi connectivity index (χ0) is 17.7. The maximum Gasteiger partial charge on any atom is 0.306 e. The summed E-state index contributed by atoms with van der Waals surface area (Å²) in [5, 5.41) is 0. The topological polar surface area (TPSA) is 35.5 Å². The molecule has 0 N–H and O–H groups in total. The van der Waals surface area contributed by atoms with Gasteiger partial charge in [0.1, 0.15) is 0 Å². The normalized spacial score (nSPS) is 32.8. The Morgan fingerprint density at radius 1 is 1.42 bits per heavy atom. The summed E-state index contributed by atoms with van der Waals surface area (Å²) in [5.74, 6) is -3.28. The molecule has 2 rings (SSSR count). The summed E-state index contributed by atoms with van der Waals surface area (Å²) < 4.78 is 40.9. The molecule has 6 heteroatoms. The molecule has 0 aromatic rings. The molecule has 0 radical (unpaired) electrons. The van der Waals surface area contributed by atoms with Crippen LogP contribution in [0, 0.1) is 17.8 Å². The van der Waals surface area contributed by atoms with Crippen LogP contribution in [0.2, 0.25) is 0 Å². The van der Waals surface area contributed by atoms with Gasteiger partial charge in [-0.15, -0.1) is 0 Å². The molecular formula is C18H27F2IO3. The fourth-order valence-corrected chi connectivity index (χ4v) is 4.31. The molecule has 0 bridgehead atoms. The van der Waals surface area contributed by atoms with Gasteiger partial charge < -0.3 is 9.47 Å². The molecule has 0 aromatic carbocycles. The molecule has 0 aromatic heterocycles. The first kappa shape index (κ1) is 20.1. The van der Waals surface area contributed by atoms with Gasteiger partial charge in [0.05, 0.1) is 12.2 Å². The van der Waals surface area contributed by atoms with Crippen LogP contribution in [0.25, 0.3) is 0 Å². The van der Waals surface area contributed by atoms with E-state index in [9.17, 15) is 13.6 Å². The molecule has 1 heterocycles. The number of esters is 1. The van der Waals surface area contributed by atoms with Crippen molar-refractivity contribution in [2.75, 3.05) is 6.61 Å². The van der Waals surface area contributed by atoms with Crippen molar-refractivity contribution in [1.29, 1.82) is 0 Å². The molecule has 24 heavy (non-hydrogen) atoms. The second-order valence-electron chi connectivity index (χ2n) is 7.22. The molecule has 138 valence electrons. The Balaban J connectivity index is 1.81. The summed E-state index contributed by atoms with van der Waals surface area (Å²) in [7, 11) is 0. The fraction of sp³-hybridized carbons (Fsp3) is 0.833. The van der Waals surface area contributed by atoms with Crippen molar-refractivity contribution < 1.29 is 23.0 Å². The molecule has 1 saturated heterocycles. The van der Waals surface area contributed by atoms with E-state index in [1.54, 1.807) is 10.2 Å². The van der Waals surface area contributed by atoms with Crippen molar-refractivity contribution in [3.8, 4) is 0 Å². The lowest BCUT2D eigenvalue weighted by Gasteiger charge is -2.21. The number of ether oxygens (including phenoxy) is 2. The Morgan fingerprint density at radius 2 is 2.17 bits per heavy atom. The van der Waals surface area contributed by atoms with Crippen LogP contribution in [-0.4, -0.2) is 30.7 Å². The molecular weight excluding hydrogens is 429 g/mol. The lowest BCUT2D eigenvalue weighted by Crippen LogP contribution is -2.24. The highest BCUT2D eigenvalue weighted by Gasteiger charge is 2.55. The Labute approximate surface area is 156 Å². The Morgan fingerprint density at radius 3 is 2.83 bits per heavy atom. The summed E-state index contributed by atoms with van der Waals surface area (Å²) in [6.07, 6.45) is 4.77. The number of hydrogen-bond acceptors (Lipinski definition) is 3. The molecule has 2 fully saturated rings. The Hall–Kier alpha value is -0.240. The van der Waals surface area contributed by atoms with Crippen molar-refractivity contribution in [3.05, 3.63) is 10.2 Å².